The van der Waals surface area contributed by atoms with E-state index in [0.29, 0.717) is 6.54 Å². The van der Waals surface area contributed by atoms with Crippen molar-refractivity contribution < 1.29 is 13.2 Å². The van der Waals surface area contributed by atoms with Crippen molar-refractivity contribution in [3.8, 4) is 0 Å². The maximum atomic E-state index is 11.5. The molecule has 0 atom stereocenters. The van der Waals surface area contributed by atoms with Crippen molar-refractivity contribution in [1.82, 2.24) is 19.6 Å². The van der Waals surface area contributed by atoms with E-state index in [1.165, 1.54) is 0 Å². The Hall–Kier alpha value is -1.41. The van der Waals surface area contributed by atoms with Crippen molar-refractivity contribution in [2.45, 2.75) is 32.9 Å². The first kappa shape index (κ1) is 15.6. The lowest BCUT2D eigenvalue weighted by Gasteiger charge is -2.08. The number of sulfonamides is 1. The van der Waals surface area contributed by atoms with Gasteiger partial charge in [0, 0.05) is 31.9 Å². The van der Waals surface area contributed by atoms with Crippen LogP contribution >= 0.6 is 0 Å². The molecule has 7 nitrogen and oxygen atoms in total. The van der Waals surface area contributed by atoms with Crippen molar-refractivity contribution >= 4 is 15.9 Å². The molecule has 1 aromatic heterocycles. The number of nitrogens with one attached hydrogen (secondary N) is 2. The van der Waals surface area contributed by atoms with Gasteiger partial charge in [0.1, 0.15) is 5.82 Å². The molecule has 0 unspecified atom stereocenters. The fourth-order valence-electron chi connectivity index (χ4n) is 1.57. The molecule has 2 N–H and O–H groups in total. The zero-order chi connectivity index (χ0) is 14.3. The van der Waals surface area contributed by atoms with Crippen molar-refractivity contribution in [3.63, 3.8) is 0 Å². The first-order valence-electron chi connectivity index (χ1n) is 6.13. The Morgan fingerprint density at radius 2 is 2.21 bits per heavy atom. The molecule has 0 spiro atoms. The molecule has 108 valence electrons. The number of hydrogen-bond donors (Lipinski definition) is 2. The van der Waals surface area contributed by atoms with E-state index in [4.69, 9.17) is 0 Å². The summed E-state index contributed by atoms with van der Waals surface area (Å²) in [4.78, 5) is 15.7. The summed E-state index contributed by atoms with van der Waals surface area (Å²) in [5.41, 5.74) is 0. The maximum absolute atomic E-state index is 11.5. The number of nitrogens with zero attached hydrogens (tertiary/aromatic N) is 2. The summed E-state index contributed by atoms with van der Waals surface area (Å²) < 4.78 is 25.9. The van der Waals surface area contributed by atoms with Gasteiger partial charge < -0.3 is 9.88 Å². The Morgan fingerprint density at radius 1 is 1.47 bits per heavy atom. The zero-order valence-corrected chi connectivity index (χ0v) is 12.0. The predicted octanol–water partition coefficient (Wildman–Crippen LogP) is -0.151. The van der Waals surface area contributed by atoms with Gasteiger partial charge in [-0.3, -0.25) is 4.79 Å². The highest BCUT2D eigenvalue weighted by Crippen LogP contribution is 1.99. The normalized spacial score (nSPS) is 11.5. The highest BCUT2D eigenvalue weighted by Gasteiger charge is 2.06. The lowest BCUT2D eigenvalue weighted by Crippen LogP contribution is -2.30. The van der Waals surface area contributed by atoms with Gasteiger partial charge in [-0.1, -0.05) is 6.92 Å². The molecule has 1 amide bonds. The lowest BCUT2D eigenvalue weighted by molar-refractivity contribution is -0.121. The molecule has 0 saturated carbocycles. The molecule has 1 rings (SSSR count). The second kappa shape index (κ2) is 7.25. The van der Waals surface area contributed by atoms with Crippen molar-refractivity contribution in [2.24, 2.45) is 0 Å². The molecule has 1 aromatic rings. The van der Waals surface area contributed by atoms with Crippen LogP contribution in [0.3, 0.4) is 0 Å². The fraction of sp³-hybridized carbons (Fsp3) is 0.636. The number of carbonyl (C=O) groups excluding carboxylic acids is 1. The van der Waals surface area contributed by atoms with Crippen molar-refractivity contribution in [2.75, 3.05) is 12.8 Å². The van der Waals surface area contributed by atoms with Gasteiger partial charge in [0.15, 0.2) is 0 Å². The number of carbonyl (C=O) groups is 1. The van der Waals surface area contributed by atoms with Gasteiger partial charge in [-0.25, -0.2) is 18.1 Å². The Bertz CT molecular complexity index is 510. The van der Waals surface area contributed by atoms with E-state index in [-0.39, 0.29) is 18.9 Å². The zero-order valence-electron chi connectivity index (χ0n) is 11.2. The summed E-state index contributed by atoms with van der Waals surface area (Å²) in [6.07, 6.45) is 5.74. The predicted molar refractivity (Wildman–Crippen MR) is 71.8 cm³/mol. The maximum Gasteiger partial charge on any atom is 0.221 e. The molecule has 19 heavy (non-hydrogen) atoms. The number of imidazole rings is 1. The first-order valence-corrected chi connectivity index (χ1v) is 8.03. The largest absolute Gasteiger partial charge is 0.349 e. The Labute approximate surface area is 113 Å². The third-order valence-corrected chi connectivity index (χ3v) is 3.15. The average Bonchev–Trinajstić information content (AvgIpc) is 2.73. The highest BCUT2D eigenvalue weighted by atomic mass is 32.2. The number of aryl methyl sites for hydroxylation is 1. The minimum absolute atomic E-state index is 0.105. The van der Waals surface area contributed by atoms with E-state index in [2.05, 4.69) is 21.9 Å². The second-order valence-corrected chi connectivity index (χ2v) is 6.06. The second-order valence-electron chi connectivity index (χ2n) is 4.23. The standard InChI is InChI=1S/C11H20N4O3S/c1-3-7-15-8-6-12-10(15)9-13-11(16)4-5-14-19(2,17)18/h6,8,14H,3-5,7,9H2,1-2H3,(H,13,16). The topological polar surface area (TPSA) is 93.1 Å². The molecule has 0 fully saturated rings. The molecule has 0 saturated heterocycles. The van der Waals surface area contributed by atoms with E-state index < -0.39 is 10.0 Å². The fourth-order valence-corrected chi connectivity index (χ4v) is 2.04. The van der Waals surface area contributed by atoms with Crippen LogP contribution in [-0.2, 0) is 27.9 Å². The number of amides is 1. The van der Waals surface area contributed by atoms with Crippen LogP contribution in [0.1, 0.15) is 25.6 Å². The number of rotatable bonds is 8. The van der Waals surface area contributed by atoms with E-state index in [1.54, 1.807) is 6.20 Å². The van der Waals surface area contributed by atoms with Gasteiger partial charge in [-0.05, 0) is 6.42 Å². The van der Waals surface area contributed by atoms with E-state index in [9.17, 15) is 13.2 Å². The molecular weight excluding hydrogens is 268 g/mol. The van der Waals surface area contributed by atoms with Crippen molar-refractivity contribution in [1.29, 1.82) is 0 Å². The molecule has 0 aliphatic heterocycles. The number of aromatic nitrogens is 2. The van der Waals surface area contributed by atoms with Gasteiger partial charge in [0.25, 0.3) is 0 Å². The third-order valence-electron chi connectivity index (χ3n) is 2.43. The molecule has 0 aliphatic carbocycles. The summed E-state index contributed by atoms with van der Waals surface area (Å²) in [7, 11) is -3.24. The van der Waals surface area contributed by atoms with E-state index >= 15 is 0 Å². The first-order chi connectivity index (χ1) is 8.92. The van der Waals surface area contributed by atoms with E-state index in [0.717, 1.165) is 25.0 Å². The van der Waals surface area contributed by atoms with Crippen LogP contribution in [0.4, 0.5) is 0 Å². The van der Waals surface area contributed by atoms with Gasteiger partial charge in [-0.2, -0.15) is 0 Å². The van der Waals surface area contributed by atoms with Crippen LogP contribution in [0, 0.1) is 0 Å². The van der Waals surface area contributed by atoms with Gasteiger partial charge >= 0.3 is 0 Å². The summed E-state index contributed by atoms with van der Waals surface area (Å²) in [5.74, 6) is 0.591. The summed E-state index contributed by atoms with van der Waals surface area (Å²) in [6.45, 7) is 3.39. The van der Waals surface area contributed by atoms with Crippen LogP contribution in [0.5, 0.6) is 0 Å². The Morgan fingerprint density at radius 3 is 2.84 bits per heavy atom. The van der Waals surface area contributed by atoms with Gasteiger partial charge in [0.05, 0.1) is 12.8 Å². The molecule has 8 heteroatoms. The smallest absolute Gasteiger partial charge is 0.221 e. The molecule has 0 bridgehead atoms. The van der Waals surface area contributed by atoms with Crippen LogP contribution in [0.25, 0.3) is 0 Å². The third kappa shape index (κ3) is 6.35. The monoisotopic (exact) mass is 288 g/mol. The average molecular weight is 288 g/mol. The van der Waals surface area contributed by atoms with Crippen LogP contribution < -0.4 is 10.0 Å². The van der Waals surface area contributed by atoms with Crippen LogP contribution in [0.15, 0.2) is 12.4 Å². The highest BCUT2D eigenvalue weighted by molar-refractivity contribution is 7.88. The summed E-state index contributed by atoms with van der Waals surface area (Å²) in [5, 5.41) is 2.71. The summed E-state index contributed by atoms with van der Waals surface area (Å²) in [6, 6.07) is 0. The molecule has 0 radical (unpaired) electrons. The van der Waals surface area contributed by atoms with Crippen LogP contribution in [0.2, 0.25) is 0 Å². The summed E-state index contributed by atoms with van der Waals surface area (Å²) >= 11 is 0. The quantitative estimate of drug-likeness (QED) is 0.695. The molecular formula is C11H20N4O3S. The minimum atomic E-state index is -3.24. The Balaban J connectivity index is 2.32. The molecule has 1 heterocycles. The van der Waals surface area contributed by atoms with Gasteiger partial charge in [0.2, 0.25) is 15.9 Å². The lowest BCUT2D eigenvalue weighted by atomic mass is 10.4. The molecule has 0 aromatic carbocycles. The minimum Gasteiger partial charge on any atom is -0.349 e. The van der Waals surface area contributed by atoms with E-state index in [1.807, 2.05) is 10.8 Å². The Kier molecular flexibility index (Phi) is 5.97. The van der Waals surface area contributed by atoms with Gasteiger partial charge in [-0.15, -0.1) is 0 Å². The number of hydrogen-bond acceptors (Lipinski definition) is 4. The van der Waals surface area contributed by atoms with Crippen LogP contribution in [-0.4, -0.2) is 36.7 Å². The van der Waals surface area contributed by atoms with Crippen molar-refractivity contribution in [3.05, 3.63) is 18.2 Å². The SMILES string of the molecule is CCCn1ccnc1CNC(=O)CCNS(C)(=O)=O. The molecule has 0 aliphatic rings.